The summed E-state index contributed by atoms with van der Waals surface area (Å²) in [5.74, 6) is 1.26. The van der Waals surface area contributed by atoms with Crippen molar-refractivity contribution in [2.75, 3.05) is 19.8 Å². The second-order valence-corrected chi connectivity index (χ2v) is 7.63. The average Bonchev–Trinajstić information content (AvgIpc) is 2.65. The van der Waals surface area contributed by atoms with E-state index in [2.05, 4.69) is 6.92 Å². The number of hydrogen-bond acceptors (Lipinski definition) is 3. The van der Waals surface area contributed by atoms with E-state index >= 15 is 0 Å². The van der Waals surface area contributed by atoms with Crippen molar-refractivity contribution < 1.29 is 19.0 Å². The van der Waals surface area contributed by atoms with Crippen molar-refractivity contribution in [3.8, 4) is 0 Å². The van der Waals surface area contributed by atoms with Crippen LogP contribution in [0.1, 0.15) is 62.5 Å². The van der Waals surface area contributed by atoms with Crippen LogP contribution in [0.2, 0.25) is 0 Å². The van der Waals surface area contributed by atoms with Gasteiger partial charge in [0.05, 0.1) is 13.2 Å². The minimum absolute atomic E-state index is 0.0120. The summed E-state index contributed by atoms with van der Waals surface area (Å²) in [5, 5.41) is 8.97. The summed E-state index contributed by atoms with van der Waals surface area (Å²) < 4.78 is 26.1. The predicted octanol–water partition coefficient (Wildman–Crippen LogP) is 4.42. The van der Waals surface area contributed by atoms with Gasteiger partial charge in [-0.3, -0.25) is 0 Å². The number of halogens is 1. The summed E-state index contributed by atoms with van der Waals surface area (Å²) in [7, 11) is 0. The number of ether oxygens (including phenoxy) is 2. The lowest BCUT2D eigenvalue weighted by Gasteiger charge is -2.37. The van der Waals surface area contributed by atoms with E-state index in [1.807, 2.05) is 12.1 Å². The molecule has 2 aliphatic rings. The maximum absolute atomic E-state index is 14.1. The normalized spacial score (nSPS) is 30.4. The van der Waals surface area contributed by atoms with Gasteiger partial charge in [-0.15, -0.1) is 0 Å². The van der Waals surface area contributed by atoms with Crippen LogP contribution in [0.4, 0.5) is 4.39 Å². The van der Waals surface area contributed by atoms with E-state index < -0.39 is 0 Å². The zero-order chi connectivity index (χ0) is 17.6. The van der Waals surface area contributed by atoms with E-state index in [1.165, 1.54) is 12.8 Å². The lowest BCUT2D eigenvalue weighted by atomic mass is 9.78. The lowest BCUT2D eigenvalue weighted by Crippen LogP contribution is -2.38. The molecule has 0 radical (unpaired) electrons. The number of aliphatic hydroxyl groups excluding tert-OH is 1. The molecule has 1 N–H and O–H groups in total. The summed E-state index contributed by atoms with van der Waals surface area (Å²) in [6, 6.07) is 5.52. The zero-order valence-corrected chi connectivity index (χ0v) is 15.3. The van der Waals surface area contributed by atoms with Gasteiger partial charge in [-0.05, 0) is 61.6 Å². The molecule has 0 unspecified atom stereocenters. The van der Waals surface area contributed by atoms with E-state index in [4.69, 9.17) is 14.6 Å². The molecule has 0 amide bonds. The van der Waals surface area contributed by atoms with E-state index in [-0.39, 0.29) is 18.7 Å². The van der Waals surface area contributed by atoms with E-state index in [9.17, 15) is 4.39 Å². The Labute approximate surface area is 150 Å². The smallest absolute Gasteiger partial charge is 0.160 e. The molecule has 3 nitrogen and oxygen atoms in total. The van der Waals surface area contributed by atoms with Crippen molar-refractivity contribution in [1.82, 2.24) is 0 Å². The molecule has 1 aromatic rings. The van der Waals surface area contributed by atoms with Gasteiger partial charge in [0.1, 0.15) is 5.82 Å². The maximum atomic E-state index is 14.1. The Morgan fingerprint density at radius 1 is 1.12 bits per heavy atom. The van der Waals surface area contributed by atoms with Gasteiger partial charge in [0.2, 0.25) is 0 Å². The molecule has 0 aromatic heterocycles. The first-order valence-corrected chi connectivity index (χ1v) is 9.83. The molecule has 0 atom stereocenters. The summed E-state index contributed by atoms with van der Waals surface area (Å²) in [5.41, 5.74) is 1.69. The number of rotatable bonds is 6. The molecule has 1 aliphatic carbocycles. The first-order valence-electron chi connectivity index (χ1n) is 9.83. The minimum Gasteiger partial charge on any atom is -0.396 e. The SMILES string of the molecule is CCCC1COC(C2CCC(c3ccc(CCO)c(F)c3)CC2)OC1. The van der Waals surface area contributed by atoms with E-state index in [1.54, 1.807) is 6.07 Å². The van der Waals surface area contributed by atoms with Crippen molar-refractivity contribution in [2.45, 2.75) is 64.1 Å². The lowest BCUT2D eigenvalue weighted by molar-refractivity contribution is -0.229. The zero-order valence-electron chi connectivity index (χ0n) is 15.3. The highest BCUT2D eigenvalue weighted by molar-refractivity contribution is 5.27. The van der Waals surface area contributed by atoms with E-state index in [0.29, 0.717) is 29.7 Å². The van der Waals surface area contributed by atoms with Crippen LogP contribution in [0.15, 0.2) is 18.2 Å². The van der Waals surface area contributed by atoms with Gasteiger partial charge in [0.25, 0.3) is 0 Å². The molecule has 1 saturated carbocycles. The summed E-state index contributed by atoms with van der Waals surface area (Å²) in [6.45, 7) is 3.85. The molecule has 1 aliphatic heterocycles. The Morgan fingerprint density at radius 2 is 1.84 bits per heavy atom. The molecular formula is C21H31FO3. The Balaban J connectivity index is 1.50. The Hall–Kier alpha value is -0.970. The van der Waals surface area contributed by atoms with Crippen molar-refractivity contribution in [1.29, 1.82) is 0 Å². The fourth-order valence-electron chi connectivity index (χ4n) is 4.27. The molecule has 4 heteroatoms. The fraction of sp³-hybridized carbons (Fsp3) is 0.714. The van der Waals surface area contributed by atoms with Gasteiger partial charge in [0, 0.05) is 18.4 Å². The monoisotopic (exact) mass is 350 g/mol. The highest BCUT2D eigenvalue weighted by atomic mass is 19.1. The van der Waals surface area contributed by atoms with Gasteiger partial charge in [-0.1, -0.05) is 25.5 Å². The van der Waals surface area contributed by atoms with Gasteiger partial charge in [-0.25, -0.2) is 4.39 Å². The van der Waals surface area contributed by atoms with Crippen LogP contribution in [0.5, 0.6) is 0 Å². The molecule has 2 fully saturated rings. The van der Waals surface area contributed by atoms with Crippen molar-refractivity contribution in [3.05, 3.63) is 35.1 Å². The van der Waals surface area contributed by atoms with Crippen LogP contribution >= 0.6 is 0 Å². The molecule has 25 heavy (non-hydrogen) atoms. The molecular weight excluding hydrogens is 319 g/mol. The Morgan fingerprint density at radius 3 is 2.44 bits per heavy atom. The van der Waals surface area contributed by atoms with Crippen LogP contribution in [0.25, 0.3) is 0 Å². The second-order valence-electron chi connectivity index (χ2n) is 7.63. The first-order chi connectivity index (χ1) is 12.2. The first kappa shape index (κ1) is 18.8. The molecule has 0 spiro atoms. The van der Waals surface area contributed by atoms with Gasteiger partial charge in [-0.2, -0.15) is 0 Å². The summed E-state index contributed by atoms with van der Waals surface area (Å²) in [6.07, 6.45) is 6.97. The van der Waals surface area contributed by atoms with Gasteiger partial charge >= 0.3 is 0 Å². The number of aliphatic hydroxyl groups is 1. The van der Waals surface area contributed by atoms with Crippen LogP contribution < -0.4 is 0 Å². The third-order valence-electron chi connectivity index (χ3n) is 5.78. The molecule has 0 bridgehead atoms. The van der Waals surface area contributed by atoms with Crippen LogP contribution in [-0.2, 0) is 15.9 Å². The third-order valence-corrected chi connectivity index (χ3v) is 5.78. The standard InChI is InChI=1S/C21H31FO3/c1-2-3-15-13-24-21(25-14-15)18-7-4-16(5-8-18)19-9-6-17(10-11-23)20(22)12-19/h6,9,12,15-16,18,21,23H,2-5,7-8,10-11,13-14H2,1H3. The molecule has 140 valence electrons. The Kier molecular flexibility index (Phi) is 6.85. The van der Waals surface area contributed by atoms with E-state index in [0.717, 1.165) is 44.5 Å². The minimum atomic E-state index is -0.186. The largest absolute Gasteiger partial charge is 0.396 e. The third kappa shape index (κ3) is 4.81. The average molecular weight is 350 g/mol. The van der Waals surface area contributed by atoms with Crippen LogP contribution in [0.3, 0.4) is 0 Å². The van der Waals surface area contributed by atoms with Gasteiger partial charge < -0.3 is 14.6 Å². The second kappa shape index (κ2) is 9.11. The quantitative estimate of drug-likeness (QED) is 0.825. The fourth-order valence-corrected chi connectivity index (χ4v) is 4.27. The molecule has 1 saturated heterocycles. The van der Waals surface area contributed by atoms with Gasteiger partial charge in [0.15, 0.2) is 6.29 Å². The van der Waals surface area contributed by atoms with Crippen LogP contribution in [-0.4, -0.2) is 31.2 Å². The number of benzene rings is 1. The highest BCUT2D eigenvalue weighted by Gasteiger charge is 2.32. The van der Waals surface area contributed by atoms with Crippen LogP contribution in [0, 0.1) is 17.7 Å². The number of hydrogen-bond donors (Lipinski definition) is 1. The summed E-state index contributed by atoms with van der Waals surface area (Å²) in [4.78, 5) is 0. The maximum Gasteiger partial charge on any atom is 0.160 e. The summed E-state index contributed by atoms with van der Waals surface area (Å²) >= 11 is 0. The van der Waals surface area contributed by atoms with Crippen molar-refractivity contribution in [3.63, 3.8) is 0 Å². The van der Waals surface area contributed by atoms with Crippen molar-refractivity contribution in [2.24, 2.45) is 11.8 Å². The molecule has 1 aromatic carbocycles. The topological polar surface area (TPSA) is 38.7 Å². The molecule has 3 rings (SSSR count). The predicted molar refractivity (Wildman–Crippen MR) is 96.0 cm³/mol. The molecule has 1 heterocycles. The highest BCUT2D eigenvalue weighted by Crippen LogP contribution is 2.39. The van der Waals surface area contributed by atoms with Crippen molar-refractivity contribution >= 4 is 0 Å². The Bertz CT molecular complexity index is 532.